The zero-order valence-electron chi connectivity index (χ0n) is 9.84. The van der Waals surface area contributed by atoms with Crippen molar-refractivity contribution >= 4 is 0 Å². The molecule has 0 aromatic carbocycles. The van der Waals surface area contributed by atoms with E-state index >= 15 is 0 Å². The summed E-state index contributed by atoms with van der Waals surface area (Å²) in [4.78, 5) is 2.48. The van der Waals surface area contributed by atoms with Crippen LogP contribution in [-0.4, -0.2) is 37.6 Å². The smallest absolute Gasteiger partial charge is 0.0622 e. The second-order valence-electron chi connectivity index (χ2n) is 4.37. The molecule has 1 unspecified atom stereocenters. The van der Waals surface area contributed by atoms with Crippen LogP contribution < -0.4 is 5.32 Å². The molecule has 0 aliphatic carbocycles. The maximum Gasteiger partial charge on any atom is 0.0622 e. The van der Waals surface area contributed by atoms with Crippen LogP contribution in [0.25, 0.3) is 0 Å². The Morgan fingerprint density at radius 2 is 2.40 bits per heavy atom. The van der Waals surface area contributed by atoms with Crippen LogP contribution in [0.15, 0.2) is 0 Å². The molecule has 3 heteroatoms. The molecule has 0 spiro atoms. The lowest BCUT2D eigenvalue weighted by molar-refractivity contribution is 0.215. The Hall–Kier alpha value is -0.590. The van der Waals surface area contributed by atoms with Crippen molar-refractivity contribution in [3.8, 4) is 6.07 Å². The maximum absolute atomic E-state index is 8.49. The number of nitriles is 1. The van der Waals surface area contributed by atoms with Crippen LogP contribution in [-0.2, 0) is 0 Å². The minimum absolute atomic E-state index is 0.694. The monoisotopic (exact) mass is 209 g/mol. The summed E-state index contributed by atoms with van der Waals surface area (Å²) in [6.07, 6.45) is 4.39. The van der Waals surface area contributed by atoms with Crippen LogP contribution in [0.4, 0.5) is 0 Å². The summed E-state index contributed by atoms with van der Waals surface area (Å²) in [5.74, 6) is 0.820. The van der Waals surface area contributed by atoms with Crippen molar-refractivity contribution in [2.24, 2.45) is 5.92 Å². The molecular weight excluding hydrogens is 186 g/mol. The zero-order valence-corrected chi connectivity index (χ0v) is 9.84. The SMILES string of the molecule is CCN(CCCC#N)CC1CCCNC1. The minimum atomic E-state index is 0.694. The predicted octanol–water partition coefficient (Wildman–Crippen LogP) is 1.61. The summed E-state index contributed by atoms with van der Waals surface area (Å²) in [5, 5.41) is 11.9. The first-order chi connectivity index (χ1) is 7.36. The molecule has 1 fully saturated rings. The third-order valence-corrected chi connectivity index (χ3v) is 3.13. The van der Waals surface area contributed by atoms with Crippen LogP contribution in [0.1, 0.15) is 32.6 Å². The maximum atomic E-state index is 8.49. The van der Waals surface area contributed by atoms with Gasteiger partial charge in [-0.2, -0.15) is 5.26 Å². The fourth-order valence-electron chi connectivity index (χ4n) is 2.21. The van der Waals surface area contributed by atoms with Crippen molar-refractivity contribution in [2.75, 3.05) is 32.7 Å². The lowest BCUT2D eigenvalue weighted by Crippen LogP contribution is -2.38. The highest BCUT2D eigenvalue weighted by Crippen LogP contribution is 2.11. The molecule has 1 rings (SSSR count). The molecule has 0 aromatic heterocycles. The van der Waals surface area contributed by atoms with Gasteiger partial charge in [0.05, 0.1) is 6.07 Å². The van der Waals surface area contributed by atoms with Crippen LogP contribution in [0.3, 0.4) is 0 Å². The summed E-state index contributed by atoms with van der Waals surface area (Å²) in [5.41, 5.74) is 0. The molecule has 86 valence electrons. The quantitative estimate of drug-likeness (QED) is 0.676. The molecule has 0 bridgehead atoms. The third-order valence-electron chi connectivity index (χ3n) is 3.13. The van der Waals surface area contributed by atoms with Gasteiger partial charge in [-0.25, -0.2) is 0 Å². The van der Waals surface area contributed by atoms with Crippen LogP contribution >= 0.6 is 0 Å². The van der Waals surface area contributed by atoms with Gasteiger partial charge in [0.1, 0.15) is 0 Å². The van der Waals surface area contributed by atoms with Crippen molar-refractivity contribution in [1.29, 1.82) is 5.26 Å². The van der Waals surface area contributed by atoms with E-state index in [0.29, 0.717) is 6.42 Å². The number of piperidine rings is 1. The number of nitrogens with one attached hydrogen (secondary N) is 1. The van der Waals surface area contributed by atoms with Crippen LogP contribution in [0.5, 0.6) is 0 Å². The molecular formula is C12H23N3. The first-order valence-corrected chi connectivity index (χ1v) is 6.16. The summed E-state index contributed by atoms with van der Waals surface area (Å²) < 4.78 is 0. The molecule has 1 aliphatic rings. The second kappa shape index (κ2) is 7.67. The highest BCUT2D eigenvalue weighted by molar-refractivity contribution is 4.74. The van der Waals surface area contributed by atoms with E-state index in [1.807, 2.05) is 0 Å². The minimum Gasteiger partial charge on any atom is -0.316 e. The van der Waals surface area contributed by atoms with Gasteiger partial charge >= 0.3 is 0 Å². The van der Waals surface area contributed by atoms with E-state index in [9.17, 15) is 0 Å². The highest BCUT2D eigenvalue weighted by atomic mass is 15.1. The molecule has 0 saturated carbocycles. The Morgan fingerprint density at radius 3 is 3.00 bits per heavy atom. The number of hydrogen-bond donors (Lipinski definition) is 1. The van der Waals surface area contributed by atoms with Crippen molar-refractivity contribution in [3.63, 3.8) is 0 Å². The summed E-state index contributed by atoms with van der Waals surface area (Å²) in [6, 6.07) is 2.21. The average Bonchev–Trinajstić information content (AvgIpc) is 2.29. The summed E-state index contributed by atoms with van der Waals surface area (Å²) >= 11 is 0. The molecule has 1 saturated heterocycles. The Morgan fingerprint density at radius 1 is 1.53 bits per heavy atom. The van der Waals surface area contributed by atoms with Crippen molar-refractivity contribution in [3.05, 3.63) is 0 Å². The fraction of sp³-hybridized carbons (Fsp3) is 0.917. The number of nitrogens with zero attached hydrogens (tertiary/aromatic N) is 2. The number of hydrogen-bond acceptors (Lipinski definition) is 3. The van der Waals surface area contributed by atoms with Gasteiger partial charge in [-0.15, -0.1) is 0 Å². The van der Waals surface area contributed by atoms with Gasteiger partial charge in [0.15, 0.2) is 0 Å². The molecule has 1 heterocycles. The van der Waals surface area contributed by atoms with E-state index in [-0.39, 0.29) is 0 Å². The van der Waals surface area contributed by atoms with Gasteiger partial charge in [0.25, 0.3) is 0 Å². The van der Waals surface area contributed by atoms with E-state index in [1.165, 1.54) is 32.5 Å². The van der Waals surface area contributed by atoms with Gasteiger partial charge in [0, 0.05) is 13.0 Å². The number of unbranched alkanes of at least 4 members (excludes halogenated alkanes) is 1. The van der Waals surface area contributed by atoms with E-state index in [0.717, 1.165) is 25.4 Å². The Kier molecular flexibility index (Phi) is 6.38. The van der Waals surface area contributed by atoms with Gasteiger partial charge < -0.3 is 10.2 Å². The first kappa shape index (κ1) is 12.5. The largest absolute Gasteiger partial charge is 0.316 e. The lowest BCUT2D eigenvalue weighted by atomic mass is 9.99. The van der Waals surface area contributed by atoms with Gasteiger partial charge in [-0.05, 0) is 51.4 Å². The number of rotatable bonds is 6. The van der Waals surface area contributed by atoms with E-state index in [1.54, 1.807) is 0 Å². The van der Waals surface area contributed by atoms with Crippen molar-refractivity contribution in [1.82, 2.24) is 10.2 Å². The Labute approximate surface area is 93.5 Å². The first-order valence-electron chi connectivity index (χ1n) is 6.16. The third kappa shape index (κ3) is 5.15. The summed E-state index contributed by atoms with van der Waals surface area (Å²) in [7, 11) is 0. The highest BCUT2D eigenvalue weighted by Gasteiger charge is 2.15. The molecule has 0 aromatic rings. The van der Waals surface area contributed by atoms with Gasteiger partial charge in [0.2, 0.25) is 0 Å². The summed E-state index contributed by atoms with van der Waals surface area (Å²) in [6.45, 7) is 7.98. The van der Waals surface area contributed by atoms with Crippen LogP contribution in [0.2, 0.25) is 0 Å². The van der Waals surface area contributed by atoms with Gasteiger partial charge in [-0.1, -0.05) is 6.92 Å². The molecule has 15 heavy (non-hydrogen) atoms. The molecule has 1 aliphatic heterocycles. The Bertz CT molecular complexity index is 192. The molecule has 0 amide bonds. The van der Waals surface area contributed by atoms with Crippen LogP contribution in [0, 0.1) is 17.2 Å². The molecule has 0 radical (unpaired) electrons. The predicted molar refractivity (Wildman–Crippen MR) is 62.6 cm³/mol. The van der Waals surface area contributed by atoms with E-state index in [4.69, 9.17) is 5.26 Å². The lowest BCUT2D eigenvalue weighted by Gasteiger charge is -2.29. The van der Waals surface area contributed by atoms with Gasteiger partial charge in [-0.3, -0.25) is 0 Å². The standard InChI is InChI=1S/C12H23N3/c1-2-15(9-4-3-7-13)11-12-6-5-8-14-10-12/h12,14H,2-6,8-11H2,1H3. The van der Waals surface area contributed by atoms with E-state index in [2.05, 4.69) is 23.2 Å². The second-order valence-corrected chi connectivity index (χ2v) is 4.37. The normalized spacial score (nSPS) is 21.5. The Balaban J connectivity index is 2.17. The van der Waals surface area contributed by atoms with Crippen molar-refractivity contribution in [2.45, 2.75) is 32.6 Å². The molecule has 1 atom stereocenters. The molecule has 3 nitrogen and oxygen atoms in total. The topological polar surface area (TPSA) is 39.1 Å². The molecule has 1 N–H and O–H groups in total. The van der Waals surface area contributed by atoms with E-state index < -0.39 is 0 Å². The average molecular weight is 209 g/mol. The zero-order chi connectivity index (χ0) is 10.9. The fourth-order valence-corrected chi connectivity index (χ4v) is 2.21. The van der Waals surface area contributed by atoms with Crippen molar-refractivity contribution < 1.29 is 0 Å².